The van der Waals surface area contributed by atoms with Gasteiger partial charge in [0, 0.05) is 34.7 Å². The number of allylic oxidation sites excluding steroid dienone is 1. The number of rotatable bonds is 5. The lowest BCUT2D eigenvalue weighted by Gasteiger charge is -2.03. The van der Waals surface area contributed by atoms with E-state index in [0.29, 0.717) is 16.3 Å². The summed E-state index contributed by atoms with van der Waals surface area (Å²) in [4.78, 5) is 3.62. The van der Waals surface area contributed by atoms with Crippen LogP contribution in [-0.4, -0.2) is 23.2 Å². The lowest BCUT2D eigenvalue weighted by Crippen LogP contribution is -2.03. The Hall–Kier alpha value is -3.73. The zero-order chi connectivity index (χ0) is 21.8. The Morgan fingerprint density at radius 1 is 1.00 bits per heavy atom. The van der Waals surface area contributed by atoms with Crippen LogP contribution in [0, 0.1) is 11.3 Å². The molecule has 152 valence electrons. The summed E-state index contributed by atoms with van der Waals surface area (Å²) in [5.74, 6) is 0. The van der Waals surface area contributed by atoms with Crippen LogP contribution in [0.25, 0.3) is 23.0 Å². The van der Waals surface area contributed by atoms with Crippen LogP contribution in [0.2, 0.25) is 5.02 Å². The highest BCUT2D eigenvalue weighted by Gasteiger charge is 2.22. The van der Waals surface area contributed by atoms with Crippen LogP contribution in [0.3, 0.4) is 0 Å². The monoisotopic (exact) mass is 446 g/mol. The molecule has 0 aliphatic carbocycles. The van der Waals surface area contributed by atoms with Crippen molar-refractivity contribution in [3.05, 3.63) is 101 Å². The summed E-state index contributed by atoms with van der Waals surface area (Å²) in [6.45, 7) is 0. The standard InChI is InChI=1S/C23H15ClN4O2S/c24-19-6-8-21(9-7-19)31(29,30)22(15-25)14-18-16-28(20-4-2-1-3-5-20)27-23(18)17-10-12-26-13-11-17/h1-14,16H. The molecule has 0 aliphatic heterocycles. The van der Waals surface area contributed by atoms with E-state index in [4.69, 9.17) is 11.6 Å². The molecule has 0 atom stereocenters. The molecule has 2 aromatic carbocycles. The van der Waals surface area contributed by atoms with Crippen molar-refractivity contribution >= 4 is 27.5 Å². The molecule has 0 saturated heterocycles. The first kappa shape index (κ1) is 20.5. The number of sulfone groups is 1. The number of nitriles is 1. The van der Waals surface area contributed by atoms with Crippen LogP contribution in [0.15, 0.2) is 95.1 Å². The Bertz CT molecular complexity index is 1390. The summed E-state index contributed by atoms with van der Waals surface area (Å²) in [5.41, 5.74) is 2.57. The highest BCUT2D eigenvalue weighted by molar-refractivity contribution is 7.95. The number of aromatic nitrogens is 3. The second kappa shape index (κ2) is 8.56. The minimum atomic E-state index is -4.03. The van der Waals surface area contributed by atoms with Crippen LogP contribution in [0.4, 0.5) is 0 Å². The van der Waals surface area contributed by atoms with E-state index in [9.17, 15) is 13.7 Å². The third-order valence-corrected chi connectivity index (χ3v) is 6.46. The average molecular weight is 447 g/mol. The molecule has 0 fully saturated rings. The Balaban J connectivity index is 1.87. The van der Waals surface area contributed by atoms with E-state index in [1.807, 2.05) is 36.4 Å². The van der Waals surface area contributed by atoms with Gasteiger partial charge in [0.1, 0.15) is 16.7 Å². The van der Waals surface area contributed by atoms with Gasteiger partial charge in [0.05, 0.1) is 10.6 Å². The summed E-state index contributed by atoms with van der Waals surface area (Å²) in [6, 6.07) is 20.5. The fourth-order valence-electron chi connectivity index (χ4n) is 2.99. The van der Waals surface area contributed by atoms with E-state index in [0.717, 1.165) is 11.3 Å². The van der Waals surface area contributed by atoms with E-state index in [-0.39, 0.29) is 4.90 Å². The maximum atomic E-state index is 13.0. The Morgan fingerprint density at radius 2 is 1.68 bits per heavy atom. The number of halogens is 1. The third kappa shape index (κ3) is 4.26. The van der Waals surface area contributed by atoms with E-state index in [1.54, 1.807) is 35.4 Å². The predicted molar refractivity (Wildman–Crippen MR) is 119 cm³/mol. The van der Waals surface area contributed by atoms with Crippen molar-refractivity contribution in [1.29, 1.82) is 5.26 Å². The molecule has 0 aliphatic rings. The molecule has 0 spiro atoms. The van der Waals surface area contributed by atoms with E-state index in [1.165, 1.54) is 30.3 Å². The molecule has 6 nitrogen and oxygen atoms in total. The molecule has 4 aromatic rings. The van der Waals surface area contributed by atoms with Gasteiger partial charge in [-0.15, -0.1) is 0 Å². The first-order valence-electron chi connectivity index (χ1n) is 9.17. The summed E-state index contributed by atoms with van der Waals surface area (Å²) >= 11 is 5.86. The van der Waals surface area contributed by atoms with E-state index >= 15 is 0 Å². The molecule has 2 heterocycles. The molecule has 8 heteroatoms. The van der Waals surface area contributed by atoms with Crippen molar-refractivity contribution in [1.82, 2.24) is 14.8 Å². The number of benzene rings is 2. The van der Waals surface area contributed by atoms with Crippen molar-refractivity contribution in [2.24, 2.45) is 0 Å². The maximum absolute atomic E-state index is 13.0. The largest absolute Gasteiger partial charge is 0.265 e. The summed E-state index contributed by atoms with van der Waals surface area (Å²) in [7, 11) is -4.03. The number of para-hydroxylation sites is 1. The van der Waals surface area contributed by atoms with Crippen molar-refractivity contribution in [2.45, 2.75) is 4.90 Å². The van der Waals surface area contributed by atoms with Crippen LogP contribution in [-0.2, 0) is 9.84 Å². The van der Waals surface area contributed by atoms with Gasteiger partial charge in [0.2, 0.25) is 9.84 Å². The smallest absolute Gasteiger partial charge is 0.216 e. The van der Waals surface area contributed by atoms with Crippen LogP contribution in [0.1, 0.15) is 5.56 Å². The zero-order valence-electron chi connectivity index (χ0n) is 16.1. The van der Waals surface area contributed by atoms with Crippen molar-refractivity contribution < 1.29 is 8.42 Å². The summed E-state index contributed by atoms with van der Waals surface area (Å²) in [6.07, 6.45) is 6.28. The Labute approximate surface area is 184 Å². The molecule has 2 aromatic heterocycles. The van der Waals surface area contributed by atoms with Crippen molar-refractivity contribution in [3.8, 4) is 23.0 Å². The van der Waals surface area contributed by atoms with Gasteiger partial charge in [-0.3, -0.25) is 4.98 Å². The topological polar surface area (TPSA) is 88.6 Å². The second-order valence-electron chi connectivity index (χ2n) is 6.53. The summed E-state index contributed by atoms with van der Waals surface area (Å²) in [5, 5.41) is 14.7. The van der Waals surface area contributed by atoms with Crippen molar-refractivity contribution in [3.63, 3.8) is 0 Å². The van der Waals surface area contributed by atoms with Crippen LogP contribution >= 0.6 is 11.6 Å². The normalized spacial score (nSPS) is 11.8. The molecule has 31 heavy (non-hydrogen) atoms. The average Bonchev–Trinajstić information content (AvgIpc) is 3.23. The molecule has 0 N–H and O–H groups in total. The van der Waals surface area contributed by atoms with Gasteiger partial charge in [-0.1, -0.05) is 29.8 Å². The minimum absolute atomic E-state index is 0.00869. The molecule has 0 amide bonds. The van der Waals surface area contributed by atoms with Crippen LogP contribution < -0.4 is 0 Å². The molecule has 0 saturated carbocycles. The highest BCUT2D eigenvalue weighted by Crippen LogP contribution is 2.28. The fraction of sp³-hybridized carbons (Fsp3) is 0. The fourth-order valence-corrected chi connectivity index (χ4v) is 4.27. The van der Waals surface area contributed by atoms with Gasteiger partial charge < -0.3 is 0 Å². The van der Waals surface area contributed by atoms with Gasteiger partial charge >= 0.3 is 0 Å². The number of hydrogen-bond acceptors (Lipinski definition) is 5. The number of hydrogen-bond donors (Lipinski definition) is 0. The molecular formula is C23H15ClN4O2S. The van der Waals surface area contributed by atoms with Gasteiger partial charge in [0.15, 0.2) is 0 Å². The molecule has 0 radical (unpaired) electrons. The lowest BCUT2D eigenvalue weighted by molar-refractivity contribution is 0.603. The molecular weight excluding hydrogens is 432 g/mol. The van der Waals surface area contributed by atoms with Gasteiger partial charge in [-0.2, -0.15) is 10.4 Å². The zero-order valence-corrected chi connectivity index (χ0v) is 17.6. The third-order valence-electron chi connectivity index (χ3n) is 4.53. The number of nitrogens with zero attached hydrogens (tertiary/aromatic N) is 4. The molecule has 4 rings (SSSR count). The van der Waals surface area contributed by atoms with Gasteiger partial charge in [0.25, 0.3) is 0 Å². The predicted octanol–water partition coefficient (Wildman–Crippen LogP) is 4.93. The molecule has 0 bridgehead atoms. The van der Waals surface area contributed by atoms with E-state index < -0.39 is 14.7 Å². The summed E-state index contributed by atoms with van der Waals surface area (Å²) < 4.78 is 27.7. The van der Waals surface area contributed by atoms with Gasteiger partial charge in [-0.25, -0.2) is 13.1 Å². The molecule has 0 unspecified atom stereocenters. The lowest BCUT2D eigenvalue weighted by atomic mass is 10.1. The SMILES string of the molecule is N#CC(=Cc1cn(-c2ccccc2)nc1-c1ccncc1)S(=O)(=O)c1ccc(Cl)cc1. The quantitative estimate of drug-likeness (QED) is 0.406. The Kier molecular flexibility index (Phi) is 5.67. The van der Waals surface area contributed by atoms with Crippen molar-refractivity contribution in [2.75, 3.05) is 0 Å². The highest BCUT2D eigenvalue weighted by atomic mass is 35.5. The number of pyridine rings is 1. The second-order valence-corrected chi connectivity index (χ2v) is 8.88. The van der Waals surface area contributed by atoms with Gasteiger partial charge in [-0.05, 0) is 54.6 Å². The Morgan fingerprint density at radius 3 is 2.32 bits per heavy atom. The maximum Gasteiger partial charge on any atom is 0.216 e. The van der Waals surface area contributed by atoms with Crippen LogP contribution in [0.5, 0.6) is 0 Å². The van der Waals surface area contributed by atoms with E-state index in [2.05, 4.69) is 10.1 Å². The first-order chi connectivity index (χ1) is 15.0. The minimum Gasteiger partial charge on any atom is -0.265 e. The first-order valence-corrected chi connectivity index (χ1v) is 11.0.